The molecule has 3 aliphatic rings. The molecule has 2 aliphatic heterocycles. The molecule has 1 aliphatic carbocycles. The Morgan fingerprint density at radius 2 is 2.00 bits per heavy atom. The molecule has 1 saturated carbocycles. The molecule has 3 rings (SSSR count). The highest BCUT2D eigenvalue weighted by Crippen LogP contribution is 2.34. The molecule has 1 amide bonds. The molecule has 0 bridgehead atoms. The van der Waals surface area contributed by atoms with Crippen LogP contribution in [0, 0.1) is 0 Å². The van der Waals surface area contributed by atoms with Gasteiger partial charge >= 0.3 is 0 Å². The number of carbonyl (C=O) groups is 1. The van der Waals surface area contributed by atoms with Crippen LogP contribution < -0.4 is 10.6 Å². The number of aliphatic hydroxyl groups excluding tert-OH is 1. The molecule has 5 nitrogen and oxygen atoms in total. The van der Waals surface area contributed by atoms with E-state index in [0.29, 0.717) is 13.0 Å². The minimum Gasteiger partial charge on any atom is -0.392 e. The Kier molecular flexibility index (Phi) is 5.65. The summed E-state index contributed by atoms with van der Waals surface area (Å²) in [5.41, 5.74) is 0.173. The van der Waals surface area contributed by atoms with Crippen molar-refractivity contribution < 1.29 is 9.90 Å². The molecule has 0 aromatic carbocycles. The zero-order valence-electron chi connectivity index (χ0n) is 13.4. The van der Waals surface area contributed by atoms with E-state index in [-0.39, 0.29) is 23.6 Å². The molecule has 3 N–H and O–H groups in total. The Hall–Kier alpha value is -0.300. The Bertz CT molecular complexity index is 382. The van der Waals surface area contributed by atoms with Gasteiger partial charge in [0, 0.05) is 43.2 Å². The fourth-order valence-corrected chi connectivity index (χ4v) is 5.05. The van der Waals surface area contributed by atoms with Crippen LogP contribution in [0.5, 0.6) is 0 Å². The van der Waals surface area contributed by atoms with Crippen molar-refractivity contribution in [2.24, 2.45) is 0 Å². The number of thioether (sulfide) groups is 1. The first-order valence-electron chi connectivity index (χ1n) is 8.72. The van der Waals surface area contributed by atoms with E-state index in [2.05, 4.69) is 15.5 Å². The zero-order valence-corrected chi connectivity index (χ0v) is 14.2. The highest BCUT2D eigenvalue weighted by atomic mass is 32.2. The Labute approximate surface area is 137 Å². The highest BCUT2D eigenvalue weighted by molar-refractivity contribution is 7.99. The molecule has 0 spiro atoms. The minimum atomic E-state index is -0.376. The smallest absolute Gasteiger partial charge is 0.237 e. The maximum Gasteiger partial charge on any atom is 0.237 e. The van der Waals surface area contributed by atoms with Crippen molar-refractivity contribution in [1.29, 1.82) is 0 Å². The monoisotopic (exact) mass is 327 g/mol. The lowest BCUT2D eigenvalue weighted by atomic mass is 9.80. The first kappa shape index (κ1) is 16.6. The topological polar surface area (TPSA) is 64.6 Å². The third kappa shape index (κ3) is 3.78. The number of aliphatic hydroxyl groups is 1. The van der Waals surface area contributed by atoms with Crippen LogP contribution in [-0.4, -0.2) is 71.3 Å². The number of amides is 1. The minimum absolute atomic E-state index is 0.0629. The summed E-state index contributed by atoms with van der Waals surface area (Å²) in [6, 6.07) is -0.215. The summed E-state index contributed by atoms with van der Waals surface area (Å²) >= 11 is 2.04. The van der Waals surface area contributed by atoms with Gasteiger partial charge in [0.05, 0.1) is 12.1 Å². The number of hydrogen-bond acceptors (Lipinski definition) is 5. The number of β-amino-alcohol motifs (C(OH)–C–C–N with tert-alkyl or cyclic N) is 1. The van der Waals surface area contributed by atoms with Crippen molar-refractivity contribution in [3.8, 4) is 0 Å². The lowest BCUT2D eigenvalue weighted by Gasteiger charge is -2.48. The molecular weight excluding hydrogens is 298 g/mol. The predicted octanol–water partition coefficient (Wildman–Crippen LogP) is 0.577. The average Bonchev–Trinajstić information content (AvgIpc) is 3.01. The highest BCUT2D eigenvalue weighted by Gasteiger charge is 2.39. The third-order valence-corrected chi connectivity index (χ3v) is 6.42. The number of rotatable bonds is 4. The summed E-state index contributed by atoms with van der Waals surface area (Å²) in [5, 5.41) is 15.9. The molecule has 126 valence electrons. The van der Waals surface area contributed by atoms with Gasteiger partial charge in [-0.2, -0.15) is 11.8 Å². The van der Waals surface area contributed by atoms with E-state index in [1.165, 1.54) is 43.6 Å². The van der Waals surface area contributed by atoms with E-state index in [1.807, 2.05) is 11.8 Å². The van der Waals surface area contributed by atoms with Crippen LogP contribution in [0.1, 0.15) is 38.5 Å². The molecule has 2 atom stereocenters. The first-order chi connectivity index (χ1) is 10.7. The van der Waals surface area contributed by atoms with Crippen LogP contribution in [0.4, 0.5) is 0 Å². The van der Waals surface area contributed by atoms with Gasteiger partial charge < -0.3 is 15.7 Å². The second-order valence-corrected chi connectivity index (χ2v) is 8.18. The van der Waals surface area contributed by atoms with E-state index in [9.17, 15) is 9.90 Å². The normalized spacial score (nSPS) is 32.8. The van der Waals surface area contributed by atoms with Gasteiger partial charge in [-0.05, 0) is 19.3 Å². The largest absolute Gasteiger partial charge is 0.392 e. The van der Waals surface area contributed by atoms with Gasteiger partial charge in [0.25, 0.3) is 0 Å². The van der Waals surface area contributed by atoms with Gasteiger partial charge in [0.15, 0.2) is 0 Å². The summed E-state index contributed by atoms with van der Waals surface area (Å²) < 4.78 is 0. The second-order valence-electron chi connectivity index (χ2n) is 6.95. The molecule has 2 saturated heterocycles. The van der Waals surface area contributed by atoms with Crippen molar-refractivity contribution in [2.75, 3.05) is 37.7 Å². The zero-order chi connectivity index (χ0) is 15.4. The summed E-state index contributed by atoms with van der Waals surface area (Å²) in [4.78, 5) is 15.0. The number of carbonyl (C=O) groups excluding carboxylic acids is 1. The van der Waals surface area contributed by atoms with Crippen molar-refractivity contribution in [2.45, 2.75) is 56.2 Å². The maximum atomic E-state index is 12.4. The van der Waals surface area contributed by atoms with E-state index in [4.69, 9.17) is 0 Å². The van der Waals surface area contributed by atoms with Crippen molar-refractivity contribution in [3.05, 3.63) is 0 Å². The van der Waals surface area contributed by atoms with Crippen LogP contribution in [0.25, 0.3) is 0 Å². The predicted molar refractivity (Wildman–Crippen MR) is 90.1 cm³/mol. The van der Waals surface area contributed by atoms with E-state index < -0.39 is 0 Å². The Balaban J connectivity index is 1.59. The van der Waals surface area contributed by atoms with Gasteiger partial charge in [-0.15, -0.1) is 0 Å². The molecule has 2 unspecified atom stereocenters. The van der Waals surface area contributed by atoms with E-state index in [0.717, 1.165) is 19.6 Å². The van der Waals surface area contributed by atoms with Gasteiger partial charge in [0.2, 0.25) is 5.91 Å². The van der Waals surface area contributed by atoms with Crippen LogP contribution in [0.15, 0.2) is 0 Å². The van der Waals surface area contributed by atoms with Gasteiger partial charge in [-0.1, -0.05) is 19.3 Å². The fourth-order valence-electron chi connectivity index (χ4n) is 4.14. The standard InChI is InChI=1S/C16H29N3O2S/c20-13-10-14(17-11-13)15(21)18-12-16(4-2-1-3-5-16)19-6-8-22-9-7-19/h13-14,17,20H,1-12H2,(H,18,21). The Morgan fingerprint density at radius 3 is 2.64 bits per heavy atom. The summed E-state index contributed by atoms with van der Waals surface area (Å²) in [6.07, 6.45) is 6.46. The molecule has 2 heterocycles. The Morgan fingerprint density at radius 1 is 1.27 bits per heavy atom. The van der Waals surface area contributed by atoms with Crippen molar-refractivity contribution >= 4 is 17.7 Å². The fraction of sp³-hybridized carbons (Fsp3) is 0.938. The molecule has 0 radical (unpaired) electrons. The molecular formula is C16H29N3O2S. The van der Waals surface area contributed by atoms with E-state index >= 15 is 0 Å². The molecule has 22 heavy (non-hydrogen) atoms. The van der Waals surface area contributed by atoms with Gasteiger partial charge in [0.1, 0.15) is 0 Å². The van der Waals surface area contributed by atoms with Crippen molar-refractivity contribution in [3.63, 3.8) is 0 Å². The van der Waals surface area contributed by atoms with Crippen LogP contribution in [0.3, 0.4) is 0 Å². The van der Waals surface area contributed by atoms with Gasteiger partial charge in [-0.3, -0.25) is 9.69 Å². The van der Waals surface area contributed by atoms with Gasteiger partial charge in [-0.25, -0.2) is 0 Å². The number of nitrogens with zero attached hydrogens (tertiary/aromatic N) is 1. The number of hydrogen-bond donors (Lipinski definition) is 3. The SMILES string of the molecule is O=C(NCC1(N2CCSCC2)CCCCC1)C1CC(O)CN1. The van der Waals surface area contributed by atoms with Crippen LogP contribution in [-0.2, 0) is 4.79 Å². The lowest BCUT2D eigenvalue weighted by Crippen LogP contribution is -2.59. The second kappa shape index (κ2) is 7.51. The summed E-state index contributed by atoms with van der Waals surface area (Å²) in [7, 11) is 0. The van der Waals surface area contributed by atoms with Crippen LogP contribution >= 0.6 is 11.8 Å². The summed E-state index contributed by atoms with van der Waals surface area (Å²) in [6.45, 7) is 3.61. The van der Waals surface area contributed by atoms with E-state index in [1.54, 1.807) is 0 Å². The quantitative estimate of drug-likeness (QED) is 0.705. The summed E-state index contributed by atoms with van der Waals surface area (Å²) in [5.74, 6) is 2.49. The first-order valence-corrected chi connectivity index (χ1v) is 9.87. The average molecular weight is 327 g/mol. The molecule has 0 aromatic heterocycles. The lowest BCUT2D eigenvalue weighted by molar-refractivity contribution is -0.123. The van der Waals surface area contributed by atoms with Crippen LogP contribution in [0.2, 0.25) is 0 Å². The third-order valence-electron chi connectivity index (χ3n) is 5.48. The maximum absolute atomic E-state index is 12.4. The van der Waals surface area contributed by atoms with Crippen molar-refractivity contribution in [1.82, 2.24) is 15.5 Å². The number of nitrogens with one attached hydrogen (secondary N) is 2. The molecule has 0 aromatic rings. The molecule has 3 fully saturated rings. The molecule has 6 heteroatoms.